The van der Waals surface area contributed by atoms with E-state index in [1.165, 1.54) is 17.3 Å². The molecule has 0 aliphatic heterocycles. The molecule has 2 aromatic rings. The van der Waals surface area contributed by atoms with Gasteiger partial charge in [-0.25, -0.2) is 0 Å². The third kappa shape index (κ3) is 4.37. The Balaban J connectivity index is 1.85. The first kappa shape index (κ1) is 16.1. The molecule has 0 saturated carbocycles. The zero-order valence-corrected chi connectivity index (χ0v) is 13.5. The lowest BCUT2D eigenvalue weighted by atomic mass is 10.1. The molecule has 0 aromatic heterocycles. The second kappa shape index (κ2) is 7.67. The van der Waals surface area contributed by atoms with Gasteiger partial charge < -0.3 is 5.32 Å². The summed E-state index contributed by atoms with van der Waals surface area (Å²) < 4.78 is 0. The zero-order chi connectivity index (χ0) is 15.9. The number of anilines is 1. The highest BCUT2D eigenvalue weighted by molar-refractivity contribution is 7.99. The number of hydrogen-bond acceptors (Lipinski definition) is 3. The minimum absolute atomic E-state index is 0.0253. The number of carbonyl (C=O) groups is 1. The molecule has 22 heavy (non-hydrogen) atoms. The summed E-state index contributed by atoms with van der Waals surface area (Å²) in [5.41, 5.74) is 4.83. The summed E-state index contributed by atoms with van der Waals surface area (Å²) in [6.45, 7) is 4.07. The molecule has 0 bridgehead atoms. The number of aryl methyl sites for hydroxylation is 2. The van der Waals surface area contributed by atoms with Gasteiger partial charge in [-0.1, -0.05) is 24.3 Å². The first-order valence-corrected chi connectivity index (χ1v) is 8.18. The second-order valence-corrected chi connectivity index (χ2v) is 6.09. The number of carbonyl (C=O) groups excluding carboxylic acids is 1. The van der Waals surface area contributed by atoms with Gasteiger partial charge in [0.05, 0.1) is 17.4 Å². The molecule has 4 heteroatoms. The molecule has 0 radical (unpaired) electrons. The fourth-order valence-electron chi connectivity index (χ4n) is 2.03. The van der Waals surface area contributed by atoms with Gasteiger partial charge in [0.15, 0.2) is 0 Å². The fraction of sp³-hybridized carbons (Fsp3) is 0.222. The van der Waals surface area contributed by atoms with Crippen LogP contribution in [0.5, 0.6) is 0 Å². The predicted molar refractivity (Wildman–Crippen MR) is 91.9 cm³/mol. The largest absolute Gasteiger partial charge is 0.325 e. The highest BCUT2D eigenvalue weighted by atomic mass is 32.2. The SMILES string of the molecule is Cc1ccc(NC(=O)CSCc2ccccc2C#N)cc1C. The molecule has 0 fully saturated rings. The topological polar surface area (TPSA) is 52.9 Å². The monoisotopic (exact) mass is 310 g/mol. The van der Waals surface area contributed by atoms with Crippen molar-refractivity contribution >= 4 is 23.4 Å². The minimum atomic E-state index is -0.0253. The van der Waals surface area contributed by atoms with E-state index < -0.39 is 0 Å². The Bertz CT molecular complexity index is 719. The molecular formula is C18H18N2OS. The van der Waals surface area contributed by atoms with Crippen molar-refractivity contribution in [3.63, 3.8) is 0 Å². The Morgan fingerprint density at radius 2 is 1.95 bits per heavy atom. The summed E-state index contributed by atoms with van der Waals surface area (Å²) in [5.74, 6) is 0.999. The lowest BCUT2D eigenvalue weighted by Gasteiger charge is -2.08. The normalized spacial score (nSPS) is 10.0. The van der Waals surface area contributed by atoms with E-state index in [0.717, 1.165) is 16.8 Å². The van der Waals surface area contributed by atoms with Crippen molar-refractivity contribution in [2.75, 3.05) is 11.1 Å². The molecule has 0 heterocycles. The quantitative estimate of drug-likeness (QED) is 0.906. The summed E-state index contributed by atoms with van der Waals surface area (Å²) in [5, 5.41) is 11.9. The maximum absolute atomic E-state index is 12.0. The smallest absolute Gasteiger partial charge is 0.234 e. The molecule has 0 aliphatic carbocycles. The Morgan fingerprint density at radius 1 is 1.18 bits per heavy atom. The summed E-state index contributed by atoms with van der Waals surface area (Å²) in [7, 11) is 0. The van der Waals surface area contributed by atoms with Crippen LogP contribution in [0.2, 0.25) is 0 Å². The van der Waals surface area contributed by atoms with Crippen molar-refractivity contribution < 1.29 is 4.79 Å². The van der Waals surface area contributed by atoms with Crippen LogP contribution in [0, 0.1) is 25.2 Å². The van der Waals surface area contributed by atoms with Crippen LogP contribution in [0.3, 0.4) is 0 Å². The predicted octanol–water partition coefficient (Wildman–Crippen LogP) is 4.05. The van der Waals surface area contributed by atoms with Gasteiger partial charge in [-0.2, -0.15) is 5.26 Å². The first-order chi connectivity index (χ1) is 10.6. The molecule has 1 N–H and O–H groups in total. The maximum atomic E-state index is 12.0. The van der Waals surface area contributed by atoms with E-state index in [9.17, 15) is 4.79 Å². The van der Waals surface area contributed by atoms with Crippen LogP contribution in [-0.4, -0.2) is 11.7 Å². The van der Waals surface area contributed by atoms with Gasteiger partial charge in [-0.3, -0.25) is 4.79 Å². The molecule has 2 rings (SSSR count). The number of nitrogens with one attached hydrogen (secondary N) is 1. The first-order valence-electron chi connectivity index (χ1n) is 7.03. The van der Waals surface area contributed by atoms with E-state index in [4.69, 9.17) is 5.26 Å². The van der Waals surface area contributed by atoms with Crippen LogP contribution in [0.1, 0.15) is 22.3 Å². The lowest BCUT2D eigenvalue weighted by molar-refractivity contribution is -0.113. The molecule has 0 saturated heterocycles. The molecule has 0 unspecified atom stereocenters. The molecule has 1 amide bonds. The summed E-state index contributed by atoms with van der Waals surface area (Å²) in [6.07, 6.45) is 0. The zero-order valence-electron chi connectivity index (χ0n) is 12.7. The van der Waals surface area contributed by atoms with Gasteiger partial charge in [-0.15, -0.1) is 11.8 Å². The minimum Gasteiger partial charge on any atom is -0.325 e. The molecule has 112 valence electrons. The summed E-state index contributed by atoms with van der Waals surface area (Å²) in [4.78, 5) is 12.0. The van der Waals surface area contributed by atoms with E-state index in [0.29, 0.717) is 17.1 Å². The van der Waals surface area contributed by atoms with Gasteiger partial charge in [0.25, 0.3) is 0 Å². The highest BCUT2D eigenvalue weighted by Gasteiger charge is 2.06. The summed E-state index contributed by atoms with van der Waals surface area (Å²) in [6, 6.07) is 15.5. The van der Waals surface area contributed by atoms with Crippen LogP contribution in [-0.2, 0) is 10.5 Å². The average Bonchev–Trinajstić information content (AvgIpc) is 2.51. The number of nitriles is 1. The summed E-state index contributed by atoms with van der Waals surface area (Å²) >= 11 is 1.51. The fourth-order valence-corrected chi connectivity index (χ4v) is 2.86. The van der Waals surface area contributed by atoms with E-state index in [1.54, 1.807) is 6.07 Å². The number of rotatable bonds is 5. The average molecular weight is 310 g/mol. The Hall–Kier alpha value is -2.25. The van der Waals surface area contributed by atoms with Crippen LogP contribution in [0.4, 0.5) is 5.69 Å². The van der Waals surface area contributed by atoms with Crippen LogP contribution >= 0.6 is 11.8 Å². The van der Waals surface area contributed by atoms with Gasteiger partial charge in [0.2, 0.25) is 5.91 Å². The second-order valence-electron chi connectivity index (χ2n) is 5.11. The number of hydrogen-bond donors (Lipinski definition) is 1. The van der Waals surface area contributed by atoms with Gasteiger partial charge >= 0.3 is 0 Å². The molecule has 3 nitrogen and oxygen atoms in total. The molecule has 0 atom stereocenters. The van der Waals surface area contributed by atoms with Crippen molar-refractivity contribution in [2.45, 2.75) is 19.6 Å². The molecular weight excluding hydrogens is 292 g/mol. The van der Waals surface area contributed by atoms with Gasteiger partial charge in [0, 0.05) is 11.4 Å². The third-order valence-electron chi connectivity index (χ3n) is 3.42. The van der Waals surface area contributed by atoms with Crippen molar-refractivity contribution in [1.82, 2.24) is 0 Å². The Kier molecular flexibility index (Phi) is 5.62. The molecule has 2 aromatic carbocycles. The van der Waals surface area contributed by atoms with Crippen LogP contribution < -0.4 is 5.32 Å². The number of nitrogens with zero attached hydrogens (tertiary/aromatic N) is 1. The van der Waals surface area contributed by atoms with Crippen LogP contribution in [0.25, 0.3) is 0 Å². The van der Waals surface area contributed by atoms with E-state index in [2.05, 4.69) is 11.4 Å². The third-order valence-corrected chi connectivity index (χ3v) is 4.40. The highest BCUT2D eigenvalue weighted by Crippen LogP contribution is 2.17. The van der Waals surface area contributed by atoms with E-state index in [1.807, 2.05) is 50.2 Å². The standard InChI is InChI=1S/C18H18N2OS/c1-13-7-8-17(9-14(13)2)20-18(21)12-22-11-16-6-4-3-5-15(16)10-19/h3-9H,11-12H2,1-2H3,(H,20,21). The maximum Gasteiger partial charge on any atom is 0.234 e. The Labute approximate surface area is 135 Å². The van der Waals surface area contributed by atoms with Crippen molar-refractivity contribution in [2.24, 2.45) is 0 Å². The lowest BCUT2D eigenvalue weighted by Crippen LogP contribution is -2.14. The molecule has 0 aliphatic rings. The van der Waals surface area contributed by atoms with E-state index >= 15 is 0 Å². The van der Waals surface area contributed by atoms with Crippen molar-refractivity contribution in [3.8, 4) is 6.07 Å². The number of thioether (sulfide) groups is 1. The van der Waals surface area contributed by atoms with Crippen molar-refractivity contribution in [1.29, 1.82) is 5.26 Å². The van der Waals surface area contributed by atoms with Gasteiger partial charge in [-0.05, 0) is 48.7 Å². The van der Waals surface area contributed by atoms with Crippen LogP contribution in [0.15, 0.2) is 42.5 Å². The van der Waals surface area contributed by atoms with Crippen molar-refractivity contribution in [3.05, 3.63) is 64.7 Å². The number of benzene rings is 2. The number of amides is 1. The molecule has 0 spiro atoms. The van der Waals surface area contributed by atoms with E-state index in [-0.39, 0.29) is 5.91 Å². The Morgan fingerprint density at radius 3 is 2.68 bits per heavy atom. The van der Waals surface area contributed by atoms with Gasteiger partial charge in [0.1, 0.15) is 0 Å².